The van der Waals surface area contributed by atoms with Gasteiger partial charge >= 0.3 is 5.97 Å². The van der Waals surface area contributed by atoms with Crippen LogP contribution >= 0.6 is 0 Å². The Hall–Kier alpha value is -3.48. The van der Waals surface area contributed by atoms with Gasteiger partial charge in [-0.3, -0.25) is 9.59 Å². The van der Waals surface area contributed by atoms with Crippen molar-refractivity contribution in [2.24, 2.45) is 28.8 Å². The van der Waals surface area contributed by atoms with Crippen molar-refractivity contribution in [2.75, 3.05) is 6.61 Å². The van der Waals surface area contributed by atoms with E-state index in [9.17, 15) is 14.4 Å². The van der Waals surface area contributed by atoms with Crippen LogP contribution in [0.3, 0.4) is 0 Å². The summed E-state index contributed by atoms with van der Waals surface area (Å²) < 4.78 is 7.17. The summed E-state index contributed by atoms with van der Waals surface area (Å²) in [6, 6.07) is 9.20. The number of carbonyl (C=O) groups is 3. The molecule has 0 spiro atoms. The largest absolute Gasteiger partial charge is 0.462 e. The summed E-state index contributed by atoms with van der Waals surface area (Å²) >= 11 is 0. The molecule has 2 fully saturated rings. The van der Waals surface area contributed by atoms with Crippen molar-refractivity contribution in [1.82, 2.24) is 9.58 Å². The Morgan fingerprint density at radius 2 is 1.78 bits per heavy atom. The van der Waals surface area contributed by atoms with Gasteiger partial charge in [-0.25, -0.2) is 4.79 Å². The van der Waals surface area contributed by atoms with Crippen molar-refractivity contribution >= 4 is 24.0 Å². The normalized spacial score (nSPS) is 25.9. The Balaban J connectivity index is 1.45. The number of fused-ring (bicyclic) bond motifs is 5. The van der Waals surface area contributed by atoms with E-state index in [1.807, 2.05) is 36.6 Å². The molecule has 1 aromatic carbocycles. The summed E-state index contributed by atoms with van der Waals surface area (Å²) in [5, 5.41) is 5.36. The van der Waals surface area contributed by atoms with Crippen molar-refractivity contribution in [3.05, 3.63) is 65.0 Å². The molecule has 1 saturated heterocycles. The molecule has 5 rings (SSSR count). The van der Waals surface area contributed by atoms with Crippen molar-refractivity contribution < 1.29 is 19.1 Å². The molecule has 7 nitrogen and oxygen atoms in total. The van der Waals surface area contributed by atoms with E-state index >= 15 is 0 Å². The van der Waals surface area contributed by atoms with Crippen LogP contribution in [0.5, 0.6) is 0 Å². The highest BCUT2D eigenvalue weighted by Crippen LogP contribution is 2.52. The molecule has 32 heavy (non-hydrogen) atoms. The van der Waals surface area contributed by atoms with Gasteiger partial charge in [-0.1, -0.05) is 24.3 Å². The van der Waals surface area contributed by atoms with E-state index in [2.05, 4.69) is 17.3 Å². The number of amides is 2. The SMILES string of the molecule is CCOC(=O)c1ccccc1-n1c(C)cc(/C=N\N2C(=O)[C@H]3[C@H](C2=O)[C@H]2C=C[C@H]3C2)c1C. The molecule has 1 aromatic heterocycles. The lowest BCUT2D eigenvalue weighted by atomic mass is 9.85. The van der Waals surface area contributed by atoms with Crippen molar-refractivity contribution in [3.8, 4) is 5.69 Å². The molecule has 7 heteroatoms. The maximum atomic E-state index is 12.9. The van der Waals surface area contributed by atoms with Crippen LogP contribution in [-0.2, 0) is 14.3 Å². The molecule has 2 aliphatic carbocycles. The van der Waals surface area contributed by atoms with E-state index in [-0.39, 0.29) is 41.5 Å². The third kappa shape index (κ3) is 2.95. The summed E-state index contributed by atoms with van der Waals surface area (Å²) in [6.07, 6.45) is 6.60. The van der Waals surface area contributed by atoms with Gasteiger partial charge in [0, 0.05) is 17.0 Å². The molecule has 2 amide bonds. The second-order valence-electron chi connectivity index (χ2n) is 8.63. The van der Waals surface area contributed by atoms with Gasteiger partial charge in [0.2, 0.25) is 0 Å². The van der Waals surface area contributed by atoms with Crippen molar-refractivity contribution in [2.45, 2.75) is 27.2 Å². The van der Waals surface area contributed by atoms with Gasteiger partial charge in [0.15, 0.2) is 0 Å². The molecule has 0 N–H and O–H groups in total. The van der Waals surface area contributed by atoms with Crippen LogP contribution < -0.4 is 0 Å². The van der Waals surface area contributed by atoms with Gasteiger partial charge in [0.25, 0.3) is 11.8 Å². The number of aromatic nitrogens is 1. The smallest absolute Gasteiger partial charge is 0.340 e. The molecule has 4 atom stereocenters. The number of allylic oxidation sites excluding steroid dienone is 2. The quantitative estimate of drug-likeness (QED) is 0.314. The average Bonchev–Trinajstić information content (AvgIpc) is 3.51. The molecule has 2 aromatic rings. The lowest BCUT2D eigenvalue weighted by Crippen LogP contribution is -2.28. The van der Waals surface area contributed by atoms with Gasteiger partial charge in [0.1, 0.15) is 0 Å². The number of para-hydroxylation sites is 1. The predicted octanol–water partition coefficient (Wildman–Crippen LogP) is 3.41. The fraction of sp³-hybridized carbons (Fsp3) is 0.360. The van der Waals surface area contributed by atoms with Crippen LogP contribution in [0.25, 0.3) is 5.69 Å². The number of rotatable bonds is 5. The summed E-state index contributed by atoms with van der Waals surface area (Å²) in [7, 11) is 0. The maximum absolute atomic E-state index is 12.9. The lowest BCUT2D eigenvalue weighted by Gasteiger charge is -2.14. The summed E-state index contributed by atoms with van der Waals surface area (Å²) in [6.45, 7) is 5.93. The Kier molecular flexibility index (Phi) is 4.84. The van der Waals surface area contributed by atoms with Crippen LogP contribution in [0, 0.1) is 37.5 Å². The molecule has 1 aliphatic heterocycles. The molecule has 1 saturated carbocycles. The number of hydrazone groups is 1. The van der Waals surface area contributed by atoms with Gasteiger partial charge in [-0.2, -0.15) is 10.1 Å². The number of carbonyl (C=O) groups excluding carboxylic acids is 3. The molecule has 2 bridgehead atoms. The van der Waals surface area contributed by atoms with Crippen LogP contribution in [0.4, 0.5) is 0 Å². The Labute approximate surface area is 186 Å². The van der Waals surface area contributed by atoms with Gasteiger partial charge in [0.05, 0.1) is 35.9 Å². The van der Waals surface area contributed by atoms with E-state index in [0.29, 0.717) is 17.9 Å². The second kappa shape index (κ2) is 7.58. The van der Waals surface area contributed by atoms with E-state index in [0.717, 1.165) is 28.4 Å². The fourth-order valence-electron chi connectivity index (χ4n) is 5.46. The average molecular weight is 431 g/mol. The Bertz CT molecular complexity index is 1160. The van der Waals surface area contributed by atoms with Crippen molar-refractivity contribution in [3.63, 3.8) is 0 Å². The number of hydrogen-bond acceptors (Lipinski definition) is 5. The molecule has 2 heterocycles. The minimum absolute atomic E-state index is 0.158. The number of aryl methyl sites for hydroxylation is 1. The monoisotopic (exact) mass is 431 g/mol. The predicted molar refractivity (Wildman–Crippen MR) is 118 cm³/mol. The van der Waals surface area contributed by atoms with Crippen LogP contribution in [0.2, 0.25) is 0 Å². The van der Waals surface area contributed by atoms with E-state index in [4.69, 9.17) is 4.74 Å². The molecule has 0 radical (unpaired) electrons. The third-order valence-electron chi connectivity index (χ3n) is 6.87. The number of benzene rings is 1. The minimum atomic E-state index is -0.381. The first-order chi connectivity index (χ1) is 15.4. The number of ether oxygens (including phenoxy) is 1. The van der Waals surface area contributed by atoms with E-state index < -0.39 is 0 Å². The highest BCUT2D eigenvalue weighted by Gasteiger charge is 2.59. The number of hydrogen-bond donors (Lipinski definition) is 0. The van der Waals surface area contributed by atoms with E-state index in [1.165, 1.54) is 0 Å². The number of nitrogens with zero attached hydrogens (tertiary/aromatic N) is 3. The zero-order chi connectivity index (χ0) is 22.6. The first kappa shape index (κ1) is 20.4. The zero-order valence-electron chi connectivity index (χ0n) is 18.3. The molecular weight excluding hydrogens is 406 g/mol. The first-order valence-electron chi connectivity index (χ1n) is 11.0. The van der Waals surface area contributed by atoms with Crippen LogP contribution in [0.1, 0.15) is 40.7 Å². The van der Waals surface area contributed by atoms with Crippen LogP contribution in [-0.4, -0.2) is 40.2 Å². The van der Waals surface area contributed by atoms with Crippen LogP contribution in [0.15, 0.2) is 47.6 Å². The van der Waals surface area contributed by atoms with Crippen molar-refractivity contribution in [1.29, 1.82) is 0 Å². The lowest BCUT2D eigenvalue weighted by molar-refractivity contribution is -0.140. The number of imide groups is 1. The third-order valence-corrected chi connectivity index (χ3v) is 6.87. The fourth-order valence-corrected chi connectivity index (χ4v) is 5.46. The minimum Gasteiger partial charge on any atom is -0.462 e. The van der Waals surface area contributed by atoms with Gasteiger partial charge in [-0.15, -0.1) is 0 Å². The highest BCUT2D eigenvalue weighted by atomic mass is 16.5. The summed E-state index contributed by atoms with van der Waals surface area (Å²) in [5.74, 6) is -0.993. The molecule has 164 valence electrons. The Morgan fingerprint density at radius 3 is 2.44 bits per heavy atom. The number of esters is 1. The molecular formula is C25H25N3O4. The van der Waals surface area contributed by atoms with E-state index in [1.54, 1.807) is 25.3 Å². The standard InChI is InChI=1S/C25H25N3O4/c1-4-32-25(31)19-7-5-6-8-20(19)27-14(2)11-18(15(27)3)13-26-28-23(29)21-16-9-10-17(12-16)22(21)24(28)30/h5-11,13,16-17,21-22H,4,12H2,1-3H3/b26-13-/t16-,17-,21+,22+/m0/s1. The first-order valence-corrected chi connectivity index (χ1v) is 11.0. The van der Waals surface area contributed by atoms with Gasteiger partial charge in [-0.05, 0) is 57.2 Å². The second-order valence-corrected chi connectivity index (χ2v) is 8.63. The molecule has 0 unspecified atom stereocenters. The van der Waals surface area contributed by atoms with Gasteiger partial charge < -0.3 is 9.30 Å². The summed E-state index contributed by atoms with van der Waals surface area (Å²) in [5.41, 5.74) is 3.72. The maximum Gasteiger partial charge on any atom is 0.340 e. The topological polar surface area (TPSA) is 81.0 Å². The zero-order valence-corrected chi connectivity index (χ0v) is 18.3. The highest BCUT2D eigenvalue weighted by molar-refractivity contribution is 6.07. The molecule has 3 aliphatic rings. The summed E-state index contributed by atoms with van der Waals surface area (Å²) in [4.78, 5) is 38.2. The Morgan fingerprint density at radius 1 is 1.12 bits per heavy atom.